The van der Waals surface area contributed by atoms with Crippen LogP contribution in [0.1, 0.15) is 393 Å². The van der Waals surface area contributed by atoms with Gasteiger partial charge in [-0.15, -0.1) is 0 Å². The molecule has 0 rings (SSSR count). The lowest BCUT2D eigenvalue weighted by atomic mass is 10.0. The van der Waals surface area contributed by atoms with Crippen molar-refractivity contribution in [3.8, 4) is 0 Å². The number of allylic oxidation sites excluding steroid dienone is 2. The minimum atomic E-state index is -0.766. The van der Waals surface area contributed by atoms with Gasteiger partial charge in [-0.1, -0.05) is 341 Å². The van der Waals surface area contributed by atoms with E-state index >= 15 is 0 Å². The summed E-state index contributed by atoms with van der Waals surface area (Å²) in [6, 6.07) is 0. The molecule has 0 spiro atoms. The smallest absolute Gasteiger partial charge is 0.306 e. The number of rotatable bonds is 64. The fourth-order valence-corrected chi connectivity index (χ4v) is 10.6. The summed E-state index contributed by atoms with van der Waals surface area (Å²) in [6.45, 7) is 6.70. The Labute approximate surface area is 469 Å². The Balaban J connectivity index is 4.09. The lowest BCUT2D eigenvalue weighted by molar-refractivity contribution is -0.167. The van der Waals surface area contributed by atoms with Gasteiger partial charge in [-0.05, 0) is 44.9 Å². The predicted octanol–water partition coefficient (Wildman–Crippen LogP) is 23.2. The van der Waals surface area contributed by atoms with Gasteiger partial charge in [-0.3, -0.25) is 14.4 Å². The number of hydrogen-bond acceptors (Lipinski definition) is 6. The highest BCUT2D eigenvalue weighted by molar-refractivity contribution is 5.71. The van der Waals surface area contributed by atoms with Crippen LogP contribution in [0.25, 0.3) is 0 Å². The van der Waals surface area contributed by atoms with E-state index in [1.165, 1.54) is 295 Å². The summed E-state index contributed by atoms with van der Waals surface area (Å²) in [4.78, 5) is 38.2. The van der Waals surface area contributed by atoms with Crippen molar-refractivity contribution in [1.29, 1.82) is 0 Å². The van der Waals surface area contributed by atoms with Crippen LogP contribution in [0, 0.1) is 0 Å². The summed E-state index contributed by atoms with van der Waals surface area (Å²) in [5.41, 5.74) is 0. The van der Waals surface area contributed by atoms with Crippen LogP contribution in [0.15, 0.2) is 12.2 Å². The molecule has 6 heteroatoms. The van der Waals surface area contributed by atoms with E-state index < -0.39 is 6.10 Å². The third kappa shape index (κ3) is 62.9. The molecule has 0 N–H and O–H groups in total. The maximum Gasteiger partial charge on any atom is 0.306 e. The first-order valence-electron chi connectivity index (χ1n) is 34.2. The van der Waals surface area contributed by atoms with Crippen molar-refractivity contribution in [3.63, 3.8) is 0 Å². The Hall–Kier alpha value is -1.85. The molecule has 6 nitrogen and oxygen atoms in total. The molecule has 75 heavy (non-hydrogen) atoms. The second-order valence-electron chi connectivity index (χ2n) is 23.5. The van der Waals surface area contributed by atoms with Gasteiger partial charge in [-0.2, -0.15) is 0 Å². The third-order valence-corrected chi connectivity index (χ3v) is 15.8. The number of carbonyl (C=O) groups excluding carboxylic acids is 3. The second-order valence-corrected chi connectivity index (χ2v) is 23.5. The summed E-state index contributed by atoms with van der Waals surface area (Å²) in [7, 11) is 0. The van der Waals surface area contributed by atoms with E-state index in [-0.39, 0.29) is 31.1 Å². The fraction of sp³-hybridized carbons (Fsp3) is 0.928. The Morgan fingerprint density at radius 3 is 0.667 bits per heavy atom. The molecule has 0 amide bonds. The number of esters is 3. The first-order valence-corrected chi connectivity index (χ1v) is 34.2. The molecular formula is C69H132O6. The molecule has 1 atom stereocenters. The monoisotopic (exact) mass is 1060 g/mol. The van der Waals surface area contributed by atoms with Crippen molar-refractivity contribution in [2.24, 2.45) is 0 Å². The standard InChI is InChI=1S/C69H132O6/c1-4-7-10-13-16-19-21-23-25-27-29-31-32-33-34-35-36-38-39-41-43-45-47-50-53-56-59-62-68(71)74-65-66(64-73-67(70)61-58-55-52-49-18-15-12-9-6-3)75-69(72)63-60-57-54-51-48-46-44-42-40-37-30-28-26-24-22-20-17-14-11-8-5-2/h28,30,66H,4-27,29,31-65H2,1-3H3/b30-28-. The van der Waals surface area contributed by atoms with Crippen molar-refractivity contribution in [3.05, 3.63) is 12.2 Å². The molecule has 0 aliphatic rings. The van der Waals surface area contributed by atoms with Gasteiger partial charge in [0, 0.05) is 19.3 Å². The number of ether oxygens (including phenoxy) is 3. The molecule has 444 valence electrons. The topological polar surface area (TPSA) is 78.9 Å². The number of hydrogen-bond donors (Lipinski definition) is 0. The lowest BCUT2D eigenvalue weighted by Crippen LogP contribution is -2.30. The summed E-state index contributed by atoms with van der Waals surface area (Å²) in [5, 5.41) is 0. The number of unbranched alkanes of at least 4 members (excludes halogenated alkanes) is 51. The highest BCUT2D eigenvalue weighted by Gasteiger charge is 2.19. The Bertz CT molecular complexity index is 1170. The van der Waals surface area contributed by atoms with Gasteiger partial charge in [0.15, 0.2) is 6.10 Å². The zero-order valence-electron chi connectivity index (χ0n) is 51.1. The molecule has 0 aromatic heterocycles. The van der Waals surface area contributed by atoms with Crippen molar-refractivity contribution in [1.82, 2.24) is 0 Å². The summed E-state index contributed by atoms with van der Waals surface area (Å²) in [6.07, 6.45) is 76.8. The molecule has 0 saturated carbocycles. The maximum absolute atomic E-state index is 12.9. The van der Waals surface area contributed by atoms with Crippen LogP contribution < -0.4 is 0 Å². The molecule has 0 bridgehead atoms. The quantitative estimate of drug-likeness (QED) is 0.0261. The molecule has 0 aliphatic heterocycles. The SMILES string of the molecule is CCCCCCCCCC/C=C\CCCCCCCCCCCC(=O)OC(COC(=O)CCCCCCCCCCC)COC(=O)CCCCCCCCCCCCCCCCCCCCCCCCCCCCC. The molecular weight excluding hydrogens is 925 g/mol. The normalized spacial score (nSPS) is 12.0. The van der Waals surface area contributed by atoms with Gasteiger partial charge in [-0.25, -0.2) is 0 Å². The summed E-state index contributed by atoms with van der Waals surface area (Å²) in [5.74, 6) is -0.839. The van der Waals surface area contributed by atoms with Crippen molar-refractivity contribution < 1.29 is 28.6 Å². The second kappa shape index (κ2) is 64.7. The van der Waals surface area contributed by atoms with E-state index in [1.54, 1.807) is 0 Å². The van der Waals surface area contributed by atoms with E-state index in [9.17, 15) is 14.4 Å². The zero-order valence-corrected chi connectivity index (χ0v) is 51.1. The van der Waals surface area contributed by atoms with Gasteiger partial charge >= 0.3 is 17.9 Å². The number of carbonyl (C=O) groups is 3. The average Bonchev–Trinajstić information content (AvgIpc) is 3.41. The highest BCUT2D eigenvalue weighted by atomic mass is 16.6. The van der Waals surface area contributed by atoms with Crippen molar-refractivity contribution in [2.45, 2.75) is 399 Å². The van der Waals surface area contributed by atoms with Gasteiger partial charge in [0.25, 0.3) is 0 Å². The van der Waals surface area contributed by atoms with Gasteiger partial charge < -0.3 is 14.2 Å². The molecule has 0 aliphatic carbocycles. The molecule has 0 saturated heterocycles. The lowest BCUT2D eigenvalue weighted by Gasteiger charge is -2.18. The van der Waals surface area contributed by atoms with E-state index in [0.29, 0.717) is 19.3 Å². The van der Waals surface area contributed by atoms with Crippen LogP contribution in [0.3, 0.4) is 0 Å². The zero-order chi connectivity index (χ0) is 54.3. The molecule has 0 aromatic carbocycles. The highest BCUT2D eigenvalue weighted by Crippen LogP contribution is 2.19. The summed E-state index contributed by atoms with van der Waals surface area (Å²) >= 11 is 0. The minimum absolute atomic E-state index is 0.0645. The first kappa shape index (κ1) is 73.2. The van der Waals surface area contributed by atoms with Crippen LogP contribution in [0.5, 0.6) is 0 Å². The minimum Gasteiger partial charge on any atom is -0.462 e. The van der Waals surface area contributed by atoms with Crippen LogP contribution >= 0.6 is 0 Å². The van der Waals surface area contributed by atoms with Crippen LogP contribution in [0.2, 0.25) is 0 Å². The van der Waals surface area contributed by atoms with Gasteiger partial charge in [0.05, 0.1) is 0 Å². The summed E-state index contributed by atoms with van der Waals surface area (Å²) < 4.78 is 16.9. The molecule has 0 heterocycles. The van der Waals surface area contributed by atoms with Crippen molar-refractivity contribution >= 4 is 17.9 Å². The Kier molecular flexibility index (Phi) is 63.1. The fourth-order valence-electron chi connectivity index (χ4n) is 10.6. The van der Waals surface area contributed by atoms with Crippen LogP contribution in [-0.4, -0.2) is 37.2 Å². The van der Waals surface area contributed by atoms with Gasteiger partial charge in [0.2, 0.25) is 0 Å². The average molecular weight is 1060 g/mol. The molecule has 0 aromatic rings. The first-order chi connectivity index (χ1) is 37.0. The predicted molar refractivity (Wildman–Crippen MR) is 326 cm³/mol. The van der Waals surface area contributed by atoms with E-state index in [4.69, 9.17) is 14.2 Å². The van der Waals surface area contributed by atoms with E-state index in [1.807, 2.05) is 0 Å². The largest absolute Gasteiger partial charge is 0.462 e. The van der Waals surface area contributed by atoms with E-state index in [2.05, 4.69) is 32.9 Å². The van der Waals surface area contributed by atoms with Crippen LogP contribution in [0.4, 0.5) is 0 Å². The Morgan fingerprint density at radius 2 is 0.440 bits per heavy atom. The molecule has 0 fully saturated rings. The van der Waals surface area contributed by atoms with Gasteiger partial charge in [0.1, 0.15) is 13.2 Å². The van der Waals surface area contributed by atoms with Crippen molar-refractivity contribution in [2.75, 3.05) is 13.2 Å². The molecule has 0 radical (unpaired) electrons. The van der Waals surface area contributed by atoms with E-state index in [0.717, 1.165) is 57.8 Å². The Morgan fingerprint density at radius 1 is 0.253 bits per heavy atom. The maximum atomic E-state index is 12.9. The third-order valence-electron chi connectivity index (χ3n) is 15.8. The molecule has 1 unspecified atom stereocenters. The van der Waals surface area contributed by atoms with Crippen LogP contribution in [-0.2, 0) is 28.6 Å².